The van der Waals surface area contributed by atoms with Crippen LogP contribution in [0.1, 0.15) is 58.6 Å². The average Bonchev–Trinajstić information content (AvgIpc) is 3.50. The van der Waals surface area contributed by atoms with E-state index < -0.39 is 0 Å². The monoisotopic (exact) mass is 497 g/mol. The molecule has 1 N–H and O–H groups in total. The summed E-state index contributed by atoms with van der Waals surface area (Å²) in [7, 11) is 1.69. The summed E-state index contributed by atoms with van der Waals surface area (Å²) in [6.45, 7) is 2.69. The smallest absolute Gasteiger partial charge is 0.322 e. The molecule has 1 unspecified atom stereocenters. The van der Waals surface area contributed by atoms with E-state index in [2.05, 4.69) is 53.3 Å². The number of carbonyl (C=O) groups excluding carboxylic acids is 1. The third-order valence-electron chi connectivity index (χ3n) is 7.49. The van der Waals surface area contributed by atoms with Crippen molar-refractivity contribution in [2.24, 2.45) is 0 Å². The molecule has 6 rings (SSSR count). The summed E-state index contributed by atoms with van der Waals surface area (Å²) in [5.41, 5.74) is 6.91. The van der Waals surface area contributed by atoms with E-state index in [0.29, 0.717) is 6.54 Å². The fourth-order valence-corrected chi connectivity index (χ4v) is 7.09. The molecule has 0 fully saturated rings. The van der Waals surface area contributed by atoms with Gasteiger partial charge in [0.2, 0.25) is 0 Å². The molecule has 0 saturated carbocycles. The summed E-state index contributed by atoms with van der Waals surface area (Å²) in [6.07, 6.45) is 7.70. The molecule has 0 spiro atoms. The normalized spacial score (nSPS) is 16.5. The highest BCUT2D eigenvalue weighted by Crippen LogP contribution is 2.44. The van der Waals surface area contributed by atoms with E-state index >= 15 is 0 Å². The summed E-state index contributed by atoms with van der Waals surface area (Å²) in [5, 5.41) is 4.53. The Bertz CT molecular complexity index is 1420. The highest BCUT2D eigenvalue weighted by Gasteiger charge is 2.36. The second kappa shape index (κ2) is 9.51. The lowest BCUT2D eigenvalue weighted by Gasteiger charge is -2.32. The first-order valence-corrected chi connectivity index (χ1v) is 13.6. The van der Waals surface area contributed by atoms with E-state index in [4.69, 9.17) is 4.74 Å². The number of aryl methyl sites for hydroxylation is 2. The highest BCUT2D eigenvalue weighted by molar-refractivity contribution is 7.15. The number of nitrogens with one attached hydrogen (secondary N) is 1. The molecule has 2 aromatic heterocycles. The Hall–Kier alpha value is -3.51. The molecule has 2 aromatic carbocycles. The van der Waals surface area contributed by atoms with Gasteiger partial charge >= 0.3 is 6.03 Å². The van der Waals surface area contributed by atoms with Crippen LogP contribution in [0, 0.1) is 0 Å². The minimum atomic E-state index is -0.247. The Morgan fingerprint density at radius 3 is 2.78 bits per heavy atom. The van der Waals surface area contributed by atoms with E-state index in [1.54, 1.807) is 7.11 Å². The number of benzene rings is 2. The van der Waals surface area contributed by atoms with Crippen molar-refractivity contribution in [2.45, 2.75) is 51.6 Å². The zero-order valence-corrected chi connectivity index (χ0v) is 21.6. The molecular formula is C30H31N3O2S. The van der Waals surface area contributed by atoms with Gasteiger partial charge < -0.3 is 19.5 Å². The van der Waals surface area contributed by atoms with E-state index in [9.17, 15) is 4.79 Å². The third-order valence-corrected chi connectivity index (χ3v) is 8.82. The molecule has 4 aromatic rings. The van der Waals surface area contributed by atoms with Crippen LogP contribution in [0.4, 0.5) is 10.5 Å². The van der Waals surface area contributed by atoms with Crippen molar-refractivity contribution in [3.63, 3.8) is 0 Å². The lowest BCUT2D eigenvalue weighted by molar-refractivity contribution is 0.194. The predicted octanol–water partition coefficient (Wildman–Crippen LogP) is 7.13. The number of urea groups is 1. The Labute approximate surface area is 216 Å². The number of fused-ring (bicyclic) bond motifs is 5. The zero-order chi connectivity index (χ0) is 24.6. The lowest BCUT2D eigenvalue weighted by atomic mass is 9.95. The second-order valence-corrected chi connectivity index (χ2v) is 10.6. The van der Waals surface area contributed by atoms with Crippen LogP contribution in [0.15, 0.2) is 66.9 Å². The Balaban J connectivity index is 1.50. The molecule has 2 amide bonds. The highest BCUT2D eigenvalue weighted by atomic mass is 32.1. The van der Waals surface area contributed by atoms with Crippen molar-refractivity contribution in [3.05, 3.63) is 99.7 Å². The first kappa shape index (κ1) is 22.9. The number of carbonyl (C=O) groups is 1. The van der Waals surface area contributed by atoms with Gasteiger partial charge in [-0.3, -0.25) is 0 Å². The van der Waals surface area contributed by atoms with Gasteiger partial charge in [-0.25, -0.2) is 4.79 Å². The Morgan fingerprint density at radius 1 is 1.06 bits per heavy atom. The Morgan fingerprint density at radius 2 is 1.92 bits per heavy atom. The number of rotatable bonds is 4. The summed E-state index contributed by atoms with van der Waals surface area (Å²) < 4.78 is 7.88. The van der Waals surface area contributed by atoms with Crippen LogP contribution in [0.25, 0.3) is 5.00 Å². The van der Waals surface area contributed by atoms with Crippen molar-refractivity contribution < 1.29 is 9.53 Å². The Kier molecular flexibility index (Phi) is 6.05. The molecule has 0 bridgehead atoms. The molecule has 184 valence electrons. The molecule has 3 heterocycles. The number of thiophene rings is 1. The maximum absolute atomic E-state index is 14.1. The van der Waals surface area contributed by atoms with E-state index in [-0.39, 0.29) is 12.1 Å². The van der Waals surface area contributed by atoms with Crippen LogP contribution in [0.2, 0.25) is 0 Å². The number of aromatic nitrogens is 1. The van der Waals surface area contributed by atoms with Crippen molar-refractivity contribution in [1.29, 1.82) is 0 Å². The molecule has 1 aliphatic carbocycles. The summed E-state index contributed by atoms with van der Waals surface area (Å²) >= 11 is 1.91. The number of para-hydroxylation sites is 1. The first-order chi connectivity index (χ1) is 17.7. The molecule has 6 heteroatoms. The minimum Gasteiger partial charge on any atom is -0.497 e. The molecule has 1 atom stereocenters. The largest absolute Gasteiger partial charge is 0.497 e. The molecule has 5 nitrogen and oxygen atoms in total. The topological polar surface area (TPSA) is 46.5 Å². The van der Waals surface area contributed by atoms with Gasteiger partial charge in [-0.05, 0) is 79.1 Å². The first-order valence-electron chi connectivity index (χ1n) is 12.8. The van der Waals surface area contributed by atoms with Crippen molar-refractivity contribution >= 4 is 23.1 Å². The van der Waals surface area contributed by atoms with Crippen LogP contribution < -0.4 is 10.1 Å². The predicted molar refractivity (Wildman–Crippen MR) is 146 cm³/mol. The molecule has 36 heavy (non-hydrogen) atoms. The summed E-state index contributed by atoms with van der Waals surface area (Å²) in [4.78, 5) is 17.6. The van der Waals surface area contributed by atoms with E-state index in [0.717, 1.165) is 47.5 Å². The maximum atomic E-state index is 14.1. The average molecular weight is 498 g/mol. The molecule has 1 aliphatic heterocycles. The van der Waals surface area contributed by atoms with Gasteiger partial charge in [0.05, 0.1) is 25.4 Å². The molecule has 2 aliphatic rings. The lowest BCUT2D eigenvalue weighted by Crippen LogP contribution is -2.38. The molecule has 0 saturated heterocycles. The quantitative estimate of drug-likeness (QED) is 0.326. The van der Waals surface area contributed by atoms with Crippen molar-refractivity contribution in [1.82, 2.24) is 9.47 Å². The number of nitrogens with zero attached hydrogens (tertiary/aromatic N) is 2. The summed E-state index contributed by atoms with van der Waals surface area (Å²) in [5.74, 6) is 0.790. The second-order valence-electron chi connectivity index (χ2n) is 9.55. The van der Waals surface area contributed by atoms with Gasteiger partial charge in [-0.2, -0.15) is 0 Å². The zero-order valence-electron chi connectivity index (χ0n) is 20.8. The minimum absolute atomic E-state index is 0.0833. The van der Waals surface area contributed by atoms with Gasteiger partial charge in [0.1, 0.15) is 10.8 Å². The van der Waals surface area contributed by atoms with Crippen LogP contribution in [0.3, 0.4) is 0 Å². The van der Waals surface area contributed by atoms with Gasteiger partial charge in [-0.15, -0.1) is 11.3 Å². The number of anilines is 1. The SMILES string of the molecule is CCc1ccccc1NC(=O)N1Cc2c(sc3c2CCCC3)-n2cccc2C1c1cccc(OC)c1. The maximum Gasteiger partial charge on any atom is 0.322 e. The molecule has 0 radical (unpaired) electrons. The van der Waals surface area contributed by atoms with Gasteiger partial charge in [0.15, 0.2) is 0 Å². The van der Waals surface area contributed by atoms with E-state index in [1.807, 2.05) is 46.6 Å². The number of methoxy groups -OCH3 is 1. The summed E-state index contributed by atoms with van der Waals surface area (Å²) in [6, 6.07) is 20.1. The fraction of sp³-hybridized carbons (Fsp3) is 0.300. The fourth-order valence-electron chi connectivity index (χ4n) is 5.69. The number of amides is 2. The standard InChI is InChI=1S/C30H31N3O2S/c1-3-20-10-4-6-14-25(20)31-30(34)33-19-24-23-13-5-7-16-27(23)36-29(24)32-17-9-15-26(32)28(33)21-11-8-12-22(18-21)35-2/h4,6,8-12,14-15,17-18,28H,3,5,7,13,16,19H2,1-2H3,(H,31,34). The number of ether oxygens (including phenoxy) is 1. The van der Waals surface area contributed by atoms with E-state index in [1.165, 1.54) is 33.8 Å². The van der Waals surface area contributed by atoms with Gasteiger partial charge in [0.25, 0.3) is 0 Å². The number of hydrogen-bond donors (Lipinski definition) is 1. The van der Waals surface area contributed by atoms with Crippen LogP contribution in [0.5, 0.6) is 5.75 Å². The third kappa shape index (κ3) is 3.90. The van der Waals surface area contributed by atoms with Crippen LogP contribution >= 0.6 is 11.3 Å². The van der Waals surface area contributed by atoms with Crippen LogP contribution in [-0.4, -0.2) is 22.6 Å². The molecular weight excluding hydrogens is 466 g/mol. The van der Waals surface area contributed by atoms with Crippen molar-refractivity contribution in [3.8, 4) is 10.8 Å². The van der Waals surface area contributed by atoms with Gasteiger partial charge in [0, 0.05) is 22.3 Å². The van der Waals surface area contributed by atoms with Crippen molar-refractivity contribution in [2.75, 3.05) is 12.4 Å². The van der Waals surface area contributed by atoms with Gasteiger partial charge in [-0.1, -0.05) is 37.3 Å². The van der Waals surface area contributed by atoms with Crippen LogP contribution in [-0.2, 0) is 25.8 Å². The number of hydrogen-bond acceptors (Lipinski definition) is 3.